The SMILES string of the molecule is C[C@H](N)C(=O)N(C)C[C@@H]1CCCN1C(=O)OC(C)(C)C. The predicted molar refractivity (Wildman–Crippen MR) is 77.2 cm³/mol. The highest BCUT2D eigenvalue weighted by Gasteiger charge is 2.33. The number of hydrogen-bond acceptors (Lipinski definition) is 4. The van der Waals surface area contributed by atoms with Gasteiger partial charge in [-0.25, -0.2) is 4.79 Å². The van der Waals surface area contributed by atoms with Gasteiger partial charge in [-0.15, -0.1) is 0 Å². The van der Waals surface area contributed by atoms with Gasteiger partial charge in [0, 0.05) is 20.1 Å². The number of nitrogens with two attached hydrogens (primary N) is 1. The number of likely N-dealkylation sites (N-methyl/N-ethyl adjacent to an activating group) is 1. The van der Waals surface area contributed by atoms with E-state index < -0.39 is 11.6 Å². The van der Waals surface area contributed by atoms with Crippen molar-refractivity contribution in [2.24, 2.45) is 5.73 Å². The van der Waals surface area contributed by atoms with Crippen LogP contribution in [-0.4, -0.2) is 59.6 Å². The van der Waals surface area contributed by atoms with Crippen molar-refractivity contribution in [3.63, 3.8) is 0 Å². The first-order chi connectivity index (χ1) is 9.11. The zero-order valence-electron chi connectivity index (χ0n) is 13.2. The average molecular weight is 285 g/mol. The fourth-order valence-electron chi connectivity index (χ4n) is 2.34. The van der Waals surface area contributed by atoms with Gasteiger partial charge in [0.25, 0.3) is 0 Å². The molecule has 6 nitrogen and oxygen atoms in total. The summed E-state index contributed by atoms with van der Waals surface area (Å²) in [4.78, 5) is 27.2. The minimum atomic E-state index is -0.517. The molecule has 2 N–H and O–H groups in total. The Balaban J connectivity index is 2.61. The van der Waals surface area contributed by atoms with Crippen molar-refractivity contribution in [2.45, 2.75) is 58.2 Å². The maximum absolute atomic E-state index is 12.1. The van der Waals surface area contributed by atoms with Crippen molar-refractivity contribution < 1.29 is 14.3 Å². The fourth-order valence-corrected chi connectivity index (χ4v) is 2.34. The number of hydrogen-bond donors (Lipinski definition) is 1. The van der Waals surface area contributed by atoms with Crippen molar-refractivity contribution in [1.82, 2.24) is 9.80 Å². The van der Waals surface area contributed by atoms with Crippen LogP contribution < -0.4 is 5.73 Å². The van der Waals surface area contributed by atoms with Crippen LogP contribution in [0.4, 0.5) is 4.79 Å². The molecule has 0 aliphatic carbocycles. The number of carbonyl (C=O) groups is 2. The monoisotopic (exact) mass is 285 g/mol. The largest absolute Gasteiger partial charge is 0.444 e. The molecule has 1 rings (SSSR count). The first-order valence-corrected chi connectivity index (χ1v) is 7.12. The van der Waals surface area contributed by atoms with Crippen LogP contribution in [0.15, 0.2) is 0 Å². The molecule has 0 saturated carbocycles. The minimum absolute atomic E-state index is 0.0116. The Labute approximate surface area is 121 Å². The molecule has 2 atom stereocenters. The number of nitrogens with zero attached hydrogens (tertiary/aromatic N) is 2. The van der Waals surface area contributed by atoms with Gasteiger partial charge in [0.15, 0.2) is 0 Å². The van der Waals surface area contributed by atoms with Crippen LogP contribution in [0, 0.1) is 0 Å². The Morgan fingerprint density at radius 1 is 1.45 bits per heavy atom. The van der Waals surface area contributed by atoms with Gasteiger partial charge in [0.2, 0.25) is 5.91 Å². The van der Waals surface area contributed by atoms with E-state index >= 15 is 0 Å². The highest BCUT2D eigenvalue weighted by Crippen LogP contribution is 2.21. The van der Waals surface area contributed by atoms with Gasteiger partial charge < -0.3 is 20.3 Å². The van der Waals surface area contributed by atoms with Crippen LogP contribution >= 0.6 is 0 Å². The molecule has 0 bridgehead atoms. The molecule has 1 aliphatic rings. The summed E-state index contributed by atoms with van der Waals surface area (Å²) in [5, 5.41) is 0. The molecule has 1 aliphatic heterocycles. The van der Waals surface area contributed by atoms with E-state index in [2.05, 4.69) is 0 Å². The molecular weight excluding hydrogens is 258 g/mol. The first-order valence-electron chi connectivity index (χ1n) is 7.12. The maximum Gasteiger partial charge on any atom is 0.410 e. The molecule has 1 fully saturated rings. The van der Waals surface area contributed by atoms with Gasteiger partial charge in [-0.3, -0.25) is 4.79 Å². The summed E-state index contributed by atoms with van der Waals surface area (Å²) in [5.74, 6) is -0.110. The molecular formula is C14H27N3O3. The Morgan fingerprint density at radius 2 is 2.05 bits per heavy atom. The van der Waals surface area contributed by atoms with Crippen LogP contribution in [-0.2, 0) is 9.53 Å². The van der Waals surface area contributed by atoms with Crippen molar-refractivity contribution in [3.8, 4) is 0 Å². The summed E-state index contributed by atoms with van der Waals surface area (Å²) in [5.41, 5.74) is 5.09. The normalized spacial score (nSPS) is 20.7. The van der Waals surface area contributed by atoms with E-state index in [1.165, 1.54) is 0 Å². The molecule has 20 heavy (non-hydrogen) atoms. The van der Waals surface area contributed by atoms with Crippen LogP contribution in [0.5, 0.6) is 0 Å². The third-order valence-electron chi connectivity index (χ3n) is 3.26. The summed E-state index contributed by atoms with van der Waals surface area (Å²) < 4.78 is 5.40. The molecule has 2 amide bonds. The van der Waals surface area contributed by atoms with E-state index in [0.29, 0.717) is 13.1 Å². The van der Waals surface area contributed by atoms with Gasteiger partial charge in [0.1, 0.15) is 5.60 Å². The molecule has 116 valence electrons. The minimum Gasteiger partial charge on any atom is -0.444 e. The third kappa shape index (κ3) is 4.67. The zero-order valence-corrected chi connectivity index (χ0v) is 13.2. The number of ether oxygens (including phenoxy) is 1. The number of rotatable bonds is 3. The number of carbonyl (C=O) groups excluding carboxylic acids is 2. The first kappa shape index (κ1) is 16.8. The van der Waals surface area contributed by atoms with Gasteiger partial charge in [-0.05, 0) is 40.5 Å². The topological polar surface area (TPSA) is 75.9 Å². The Bertz CT molecular complexity index is 363. The number of amides is 2. The third-order valence-corrected chi connectivity index (χ3v) is 3.26. The lowest BCUT2D eigenvalue weighted by Gasteiger charge is -2.31. The highest BCUT2D eigenvalue weighted by molar-refractivity contribution is 5.81. The maximum atomic E-state index is 12.1. The van der Waals surface area contributed by atoms with Gasteiger partial charge in [0.05, 0.1) is 12.1 Å². The molecule has 0 aromatic rings. The van der Waals surface area contributed by atoms with Gasteiger partial charge in [-0.1, -0.05) is 0 Å². The molecule has 1 saturated heterocycles. The van der Waals surface area contributed by atoms with E-state index in [1.54, 1.807) is 23.8 Å². The van der Waals surface area contributed by atoms with Gasteiger partial charge >= 0.3 is 6.09 Å². The standard InChI is InChI=1S/C14H27N3O3/c1-10(15)12(18)16(5)9-11-7-6-8-17(11)13(19)20-14(2,3)4/h10-11H,6-9,15H2,1-5H3/t10-,11-/m0/s1. The Hall–Kier alpha value is -1.30. The van der Waals surface area contributed by atoms with E-state index in [4.69, 9.17) is 10.5 Å². The lowest BCUT2D eigenvalue weighted by atomic mass is 10.2. The quantitative estimate of drug-likeness (QED) is 0.845. The summed E-state index contributed by atoms with van der Waals surface area (Å²) >= 11 is 0. The van der Waals surface area contributed by atoms with Gasteiger partial charge in [-0.2, -0.15) is 0 Å². The van der Waals surface area contributed by atoms with E-state index in [-0.39, 0.29) is 18.0 Å². The number of likely N-dealkylation sites (tertiary alicyclic amines) is 1. The van der Waals surface area contributed by atoms with E-state index in [0.717, 1.165) is 12.8 Å². The van der Waals surface area contributed by atoms with Crippen molar-refractivity contribution in [2.75, 3.05) is 20.1 Å². The average Bonchev–Trinajstić information content (AvgIpc) is 2.73. The summed E-state index contributed by atoms with van der Waals surface area (Å²) in [6.07, 6.45) is 1.52. The van der Waals surface area contributed by atoms with Crippen LogP contribution in [0.1, 0.15) is 40.5 Å². The van der Waals surface area contributed by atoms with Crippen LogP contribution in [0.3, 0.4) is 0 Å². The summed E-state index contributed by atoms with van der Waals surface area (Å²) in [6, 6.07) is -0.506. The lowest BCUT2D eigenvalue weighted by Crippen LogP contribution is -2.48. The van der Waals surface area contributed by atoms with Crippen molar-refractivity contribution in [1.29, 1.82) is 0 Å². The van der Waals surface area contributed by atoms with Crippen molar-refractivity contribution >= 4 is 12.0 Å². The highest BCUT2D eigenvalue weighted by atomic mass is 16.6. The smallest absolute Gasteiger partial charge is 0.410 e. The van der Waals surface area contributed by atoms with Crippen molar-refractivity contribution in [3.05, 3.63) is 0 Å². The Kier molecular flexibility index (Phi) is 5.39. The zero-order chi connectivity index (χ0) is 15.5. The second-order valence-corrected chi connectivity index (χ2v) is 6.48. The molecule has 0 radical (unpaired) electrons. The lowest BCUT2D eigenvalue weighted by molar-refractivity contribution is -0.131. The molecule has 0 unspecified atom stereocenters. The second kappa shape index (κ2) is 6.43. The summed E-state index contributed by atoms with van der Waals surface area (Å²) in [7, 11) is 1.72. The van der Waals surface area contributed by atoms with E-state index in [9.17, 15) is 9.59 Å². The molecule has 0 spiro atoms. The predicted octanol–water partition coefficient (Wildman–Crippen LogP) is 1.19. The molecule has 6 heteroatoms. The summed E-state index contributed by atoms with van der Waals surface area (Å²) in [6.45, 7) is 8.39. The molecule has 0 aromatic heterocycles. The van der Waals surface area contributed by atoms with E-state index in [1.807, 2.05) is 20.8 Å². The molecule has 0 aromatic carbocycles. The fraction of sp³-hybridized carbons (Fsp3) is 0.857. The van der Waals surface area contributed by atoms with Crippen LogP contribution in [0.25, 0.3) is 0 Å². The molecule has 1 heterocycles. The second-order valence-electron chi connectivity index (χ2n) is 6.48. The van der Waals surface area contributed by atoms with Crippen LogP contribution in [0.2, 0.25) is 0 Å². The Morgan fingerprint density at radius 3 is 2.55 bits per heavy atom.